The summed E-state index contributed by atoms with van der Waals surface area (Å²) in [5.74, 6) is -1.47. The molecule has 0 spiro atoms. The Bertz CT molecular complexity index is 1110. The highest BCUT2D eigenvalue weighted by molar-refractivity contribution is 5.91. The van der Waals surface area contributed by atoms with Crippen molar-refractivity contribution in [3.05, 3.63) is 29.3 Å². The third-order valence-corrected chi connectivity index (χ3v) is 6.96. The van der Waals surface area contributed by atoms with Crippen LogP contribution in [0.15, 0.2) is 18.2 Å². The van der Waals surface area contributed by atoms with Crippen molar-refractivity contribution in [3.63, 3.8) is 0 Å². The van der Waals surface area contributed by atoms with Gasteiger partial charge in [-0.3, -0.25) is 9.59 Å². The highest BCUT2D eigenvalue weighted by Crippen LogP contribution is 2.38. The number of hydrogen-bond acceptors (Lipinski definition) is 5. The average molecular weight is 580 g/mol. The molecule has 40 heavy (non-hydrogen) atoms. The van der Waals surface area contributed by atoms with Gasteiger partial charge in [0, 0.05) is 38.0 Å². The van der Waals surface area contributed by atoms with Crippen molar-refractivity contribution < 1.29 is 54.7 Å². The predicted molar refractivity (Wildman–Crippen MR) is 129 cm³/mol. The summed E-state index contributed by atoms with van der Waals surface area (Å²) in [7, 11) is 0. The molecule has 2 fully saturated rings. The first kappa shape index (κ1) is 31.4. The van der Waals surface area contributed by atoms with Crippen LogP contribution in [-0.2, 0) is 31.5 Å². The molecule has 1 aromatic rings. The second-order valence-electron chi connectivity index (χ2n) is 11.1. The molecular formula is C26H31F6N3O5+. The number of carbonyl (C=O) groups is 3. The number of rotatable bonds is 5. The molecule has 2 aliphatic heterocycles. The van der Waals surface area contributed by atoms with Gasteiger partial charge in [0.1, 0.15) is 5.60 Å². The first-order chi connectivity index (χ1) is 18.4. The Hall–Kier alpha value is -3.16. The van der Waals surface area contributed by atoms with Crippen LogP contribution in [0.25, 0.3) is 0 Å². The summed E-state index contributed by atoms with van der Waals surface area (Å²) >= 11 is 0. The number of halogens is 6. The normalized spacial score (nSPS) is 22.6. The second-order valence-corrected chi connectivity index (χ2v) is 11.1. The third kappa shape index (κ3) is 7.32. The van der Waals surface area contributed by atoms with Crippen LogP contribution in [0.5, 0.6) is 0 Å². The first-order valence-corrected chi connectivity index (χ1v) is 12.7. The van der Waals surface area contributed by atoms with Gasteiger partial charge in [-0.1, -0.05) is 0 Å². The quantitative estimate of drug-likeness (QED) is 0.379. The zero-order valence-electron chi connectivity index (χ0n) is 22.2. The number of hydrogen-bond donors (Lipinski definition) is 1. The maximum absolute atomic E-state index is 13.3. The molecule has 2 atom stereocenters. The summed E-state index contributed by atoms with van der Waals surface area (Å²) in [5, 5.41) is 2.13. The van der Waals surface area contributed by atoms with Crippen molar-refractivity contribution in [1.82, 2.24) is 4.90 Å². The van der Waals surface area contributed by atoms with Crippen molar-refractivity contribution >= 4 is 30.0 Å². The van der Waals surface area contributed by atoms with Crippen LogP contribution in [0.2, 0.25) is 0 Å². The van der Waals surface area contributed by atoms with Gasteiger partial charge < -0.3 is 15.0 Å². The van der Waals surface area contributed by atoms with Gasteiger partial charge in [-0.25, -0.2) is 4.79 Å². The highest BCUT2D eigenvalue weighted by Gasteiger charge is 2.57. The maximum atomic E-state index is 13.3. The van der Waals surface area contributed by atoms with Gasteiger partial charge in [-0.2, -0.15) is 31.1 Å². The summed E-state index contributed by atoms with van der Waals surface area (Å²) in [6.07, 6.45) is -8.00. The Morgan fingerprint density at radius 2 is 1.52 bits per heavy atom. The summed E-state index contributed by atoms with van der Waals surface area (Å²) in [5.41, 5.74) is -4.58. The van der Waals surface area contributed by atoms with Crippen molar-refractivity contribution in [2.75, 3.05) is 25.0 Å². The fourth-order valence-electron chi connectivity index (χ4n) is 5.00. The van der Waals surface area contributed by atoms with Gasteiger partial charge in [0.2, 0.25) is 5.91 Å². The fraction of sp³-hybridized carbons (Fsp3) is 0.615. The third-order valence-electron chi connectivity index (χ3n) is 6.96. The molecule has 1 aromatic carbocycles. The Morgan fingerprint density at radius 1 is 0.975 bits per heavy atom. The molecule has 2 heterocycles. The number of anilines is 1. The number of quaternary nitrogens is 1. The van der Waals surface area contributed by atoms with Crippen LogP contribution in [0, 0.1) is 5.92 Å². The van der Waals surface area contributed by atoms with E-state index in [2.05, 4.69) is 5.32 Å². The van der Waals surface area contributed by atoms with Crippen LogP contribution in [-0.4, -0.2) is 65.0 Å². The van der Waals surface area contributed by atoms with Crippen LogP contribution in [0.4, 0.5) is 36.8 Å². The molecule has 4 amide bonds. The molecule has 1 unspecified atom stereocenters. The van der Waals surface area contributed by atoms with E-state index in [1.807, 2.05) is 0 Å². The van der Waals surface area contributed by atoms with Crippen molar-refractivity contribution in [3.8, 4) is 0 Å². The minimum absolute atomic E-state index is 0.0225. The number of nitrogens with zero attached hydrogens (tertiary/aromatic N) is 2. The molecule has 3 rings (SSSR count). The van der Waals surface area contributed by atoms with E-state index in [-0.39, 0.29) is 44.5 Å². The molecule has 221 valence electrons. The number of amides is 4. The van der Waals surface area contributed by atoms with Crippen molar-refractivity contribution in [2.45, 2.75) is 76.9 Å². The van der Waals surface area contributed by atoms with Gasteiger partial charge in [0.25, 0.3) is 5.91 Å². The number of ether oxygens (including phenoxy) is 1. The number of benzene rings is 1. The molecule has 0 aliphatic carbocycles. The molecule has 14 heteroatoms. The summed E-state index contributed by atoms with van der Waals surface area (Å²) in [6.45, 7) is 5.40. The van der Waals surface area contributed by atoms with Gasteiger partial charge >= 0.3 is 24.9 Å². The van der Waals surface area contributed by atoms with Crippen LogP contribution < -0.4 is 5.32 Å². The largest absolute Gasteiger partial charge is 0.525 e. The molecule has 0 bridgehead atoms. The number of nitrogens with one attached hydrogen (secondary N) is 1. The zero-order valence-corrected chi connectivity index (χ0v) is 22.2. The summed E-state index contributed by atoms with van der Waals surface area (Å²) < 4.78 is 83.0. The average Bonchev–Trinajstić information content (AvgIpc) is 3.27. The maximum Gasteiger partial charge on any atom is 0.525 e. The van der Waals surface area contributed by atoms with Crippen LogP contribution in [0.3, 0.4) is 0 Å². The van der Waals surface area contributed by atoms with E-state index in [1.165, 1.54) is 4.90 Å². The lowest BCUT2D eigenvalue weighted by Crippen LogP contribution is -2.62. The number of imide groups is 1. The molecule has 0 saturated carbocycles. The van der Waals surface area contributed by atoms with E-state index >= 15 is 0 Å². The SMILES string of the molecule is CC(C)(C)OC(=O)[N@+]1([C]=O)CCCC1C(=O)N1CCC(CC(=O)Nc2cc(C(F)(F)F)cc(C(F)(F)F)c2)CC1. The minimum Gasteiger partial charge on any atom is -0.414 e. The zero-order chi connectivity index (χ0) is 30.1. The first-order valence-electron chi connectivity index (χ1n) is 12.7. The fourth-order valence-corrected chi connectivity index (χ4v) is 5.00. The van der Waals surface area contributed by atoms with E-state index in [4.69, 9.17) is 4.74 Å². The predicted octanol–water partition coefficient (Wildman–Crippen LogP) is 5.27. The lowest BCUT2D eigenvalue weighted by Gasteiger charge is -2.36. The second kappa shape index (κ2) is 11.4. The number of alkyl halides is 6. The Labute approximate surface area is 227 Å². The van der Waals surface area contributed by atoms with Crippen molar-refractivity contribution in [2.24, 2.45) is 5.92 Å². The van der Waals surface area contributed by atoms with Gasteiger partial charge in [-0.05, 0) is 57.7 Å². The van der Waals surface area contributed by atoms with E-state index in [9.17, 15) is 45.5 Å². The summed E-state index contributed by atoms with van der Waals surface area (Å²) in [6, 6.07) is -0.133. The molecule has 8 nitrogen and oxygen atoms in total. The van der Waals surface area contributed by atoms with Gasteiger partial charge in [0.15, 0.2) is 6.04 Å². The van der Waals surface area contributed by atoms with Crippen LogP contribution >= 0.6 is 0 Å². The highest BCUT2D eigenvalue weighted by atomic mass is 19.4. The topological polar surface area (TPSA) is 92.8 Å². The lowest BCUT2D eigenvalue weighted by molar-refractivity contribution is -0.769. The lowest BCUT2D eigenvalue weighted by atomic mass is 9.92. The molecule has 2 aliphatic rings. The van der Waals surface area contributed by atoms with Gasteiger partial charge in [0.05, 0.1) is 17.7 Å². The van der Waals surface area contributed by atoms with E-state index in [0.29, 0.717) is 31.4 Å². The standard InChI is InChI=1S/C26H31F6N3O5/c1-24(2,3)40-23(39)35(15-36)10-4-5-20(35)22(38)34-8-6-16(7-9-34)11-21(37)33-19-13-17(25(27,28)29)12-18(14-19)26(30,31)32/h12-14,16,20H,4-11H2,1-3H3,(H,33,37)/q+1/t20?,35-/m0/s1. The molecule has 2 saturated heterocycles. The Balaban J connectivity index is 1.62. The molecule has 1 N–H and O–H groups in total. The number of piperidine rings is 1. The molecular weight excluding hydrogens is 548 g/mol. The Kier molecular flexibility index (Phi) is 8.92. The minimum atomic E-state index is -5.04. The number of likely N-dealkylation sites (tertiary alicyclic amines) is 2. The monoisotopic (exact) mass is 579 g/mol. The number of carbonyl (C=O) groups excluding carboxylic acids is 4. The summed E-state index contributed by atoms with van der Waals surface area (Å²) in [4.78, 5) is 52.0. The van der Waals surface area contributed by atoms with E-state index < -0.39 is 63.2 Å². The molecule has 1 radical (unpaired) electrons. The van der Waals surface area contributed by atoms with Gasteiger partial charge in [-0.15, -0.1) is 4.48 Å². The van der Waals surface area contributed by atoms with Crippen molar-refractivity contribution in [1.29, 1.82) is 0 Å². The smallest absolute Gasteiger partial charge is 0.414 e. The molecule has 0 aromatic heterocycles. The Morgan fingerprint density at radius 3 is 2.00 bits per heavy atom. The van der Waals surface area contributed by atoms with Crippen LogP contribution in [0.1, 0.15) is 64.0 Å². The van der Waals surface area contributed by atoms with E-state index in [1.54, 1.807) is 27.2 Å². The van der Waals surface area contributed by atoms with E-state index in [0.717, 1.165) is 0 Å².